The van der Waals surface area contributed by atoms with E-state index in [-0.39, 0.29) is 0 Å². The third-order valence-electron chi connectivity index (χ3n) is 4.33. The summed E-state index contributed by atoms with van der Waals surface area (Å²) in [4.78, 5) is 15.3. The monoisotopic (exact) mass is 358 g/mol. The second-order valence-electron chi connectivity index (χ2n) is 6.08. The lowest BCUT2D eigenvalue weighted by Crippen LogP contribution is -2.44. The zero-order chi connectivity index (χ0) is 17.6. The fourth-order valence-electron chi connectivity index (χ4n) is 2.94. The number of nitrogens with one attached hydrogen (secondary N) is 2. The average Bonchev–Trinajstić information content (AvgIpc) is 3.08. The molecule has 0 spiro atoms. The van der Waals surface area contributed by atoms with Crippen molar-refractivity contribution in [1.29, 1.82) is 0 Å². The first-order chi connectivity index (χ1) is 12.2. The summed E-state index contributed by atoms with van der Waals surface area (Å²) in [5, 5.41) is 7.50. The molecule has 132 valence electrons. The van der Waals surface area contributed by atoms with Gasteiger partial charge in [-0.1, -0.05) is 17.7 Å². The van der Waals surface area contributed by atoms with Gasteiger partial charge in [0.25, 0.3) is 0 Å². The number of nitrogens with zero attached hydrogens (tertiary/aromatic N) is 4. The molecular weight excluding hydrogens is 336 g/mol. The van der Waals surface area contributed by atoms with Crippen molar-refractivity contribution in [3.63, 3.8) is 0 Å². The van der Waals surface area contributed by atoms with Crippen LogP contribution in [0.3, 0.4) is 0 Å². The van der Waals surface area contributed by atoms with Crippen molar-refractivity contribution in [2.75, 3.05) is 25.0 Å². The molecule has 1 aliphatic rings. The Morgan fingerprint density at radius 2 is 2.12 bits per heavy atom. The molecule has 2 aromatic heterocycles. The Morgan fingerprint density at radius 3 is 2.88 bits per heavy atom. The minimum atomic E-state index is 0.300. The molecule has 1 aliphatic heterocycles. The highest BCUT2D eigenvalue weighted by atomic mass is 35.5. The van der Waals surface area contributed by atoms with Gasteiger partial charge in [0.2, 0.25) is 0 Å². The zero-order valence-corrected chi connectivity index (χ0v) is 15.3. The normalized spacial score (nSPS) is 17.6. The molecule has 0 radical (unpaired) electrons. The molecule has 2 N–H and O–H groups in total. The lowest BCUT2D eigenvalue weighted by Gasteiger charge is -2.20. The molecule has 0 amide bonds. The molecule has 0 aliphatic carbocycles. The summed E-state index contributed by atoms with van der Waals surface area (Å²) < 4.78 is 0. The maximum absolute atomic E-state index is 6.25. The number of guanidine groups is 1. The summed E-state index contributed by atoms with van der Waals surface area (Å²) in [5.74, 6) is 1.63. The van der Waals surface area contributed by atoms with Crippen molar-refractivity contribution in [2.45, 2.75) is 25.9 Å². The fraction of sp³-hybridized carbons (Fsp3) is 0.389. The van der Waals surface area contributed by atoms with Gasteiger partial charge in [-0.25, -0.2) is 4.98 Å². The van der Waals surface area contributed by atoms with Crippen LogP contribution in [0.15, 0.2) is 41.7 Å². The maximum atomic E-state index is 6.25. The summed E-state index contributed by atoms with van der Waals surface area (Å²) in [6.07, 6.45) is 4.60. The van der Waals surface area contributed by atoms with Crippen LogP contribution in [0.25, 0.3) is 0 Å². The number of aryl methyl sites for hydroxylation is 1. The van der Waals surface area contributed by atoms with E-state index < -0.39 is 0 Å². The summed E-state index contributed by atoms with van der Waals surface area (Å²) in [6, 6.07) is 8.03. The van der Waals surface area contributed by atoms with Gasteiger partial charge < -0.3 is 15.5 Å². The molecule has 0 bridgehead atoms. The Kier molecular flexibility index (Phi) is 5.71. The van der Waals surface area contributed by atoms with Crippen molar-refractivity contribution in [2.24, 2.45) is 4.99 Å². The van der Waals surface area contributed by atoms with E-state index in [4.69, 9.17) is 11.6 Å². The number of hydrogen-bond donors (Lipinski definition) is 2. The van der Waals surface area contributed by atoms with Crippen LogP contribution in [0.1, 0.15) is 17.7 Å². The Labute approximate surface area is 153 Å². The summed E-state index contributed by atoms with van der Waals surface area (Å²) >= 11 is 6.25. The number of pyridine rings is 2. The van der Waals surface area contributed by atoms with E-state index in [1.54, 1.807) is 13.2 Å². The van der Waals surface area contributed by atoms with Gasteiger partial charge in [-0.2, -0.15) is 0 Å². The predicted octanol–water partition coefficient (Wildman–Crippen LogP) is 2.38. The van der Waals surface area contributed by atoms with E-state index in [0.29, 0.717) is 17.6 Å². The predicted molar refractivity (Wildman–Crippen MR) is 102 cm³/mol. The number of anilines is 1. The van der Waals surface area contributed by atoms with Crippen molar-refractivity contribution in [1.82, 2.24) is 20.6 Å². The third kappa shape index (κ3) is 4.39. The Balaban J connectivity index is 1.55. The highest BCUT2D eigenvalue weighted by molar-refractivity contribution is 6.32. The maximum Gasteiger partial charge on any atom is 0.191 e. The van der Waals surface area contributed by atoms with Gasteiger partial charge in [-0.3, -0.25) is 9.98 Å². The van der Waals surface area contributed by atoms with E-state index in [1.165, 1.54) is 5.56 Å². The smallest absolute Gasteiger partial charge is 0.191 e. The van der Waals surface area contributed by atoms with Crippen LogP contribution in [-0.4, -0.2) is 42.1 Å². The number of hydrogen-bond acceptors (Lipinski definition) is 4. The molecule has 0 saturated carbocycles. The largest absolute Gasteiger partial charge is 0.353 e. The Morgan fingerprint density at radius 1 is 1.32 bits per heavy atom. The fourth-order valence-corrected chi connectivity index (χ4v) is 3.18. The van der Waals surface area contributed by atoms with Crippen LogP contribution >= 0.6 is 11.6 Å². The summed E-state index contributed by atoms with van der Waals surface area (Å²) in [6.45, 7) is 4.48. The van der Waals surface area contributed by atoms with Gasteiger partial charge >= 0.3 is 0 Å². The second kappa shape index (κ2) is 8.16. The second-order valence-corrected chi connectivity index (χ2v) is 6.48. The lowest BCUT2D eigenvalue weighted by atomic mass is 10.2. The van der Waals surface area contributed by atoms with Crippen LogP contribution in [0.2, 0.25) is 5.02 Å². The molecule has 1 unspecified atom stereocenters. The van der Waals surface area contributed by atoms with E-state index in [9.17, 15) is 0 Å². The number of halogens is 1. The van der Waals surface area contributed by atoms with Crippen molar-refractivity contribution in [3.05, 3.63) is 52.9 Å². The first-order valence-electron chi connectivity index (χ1n) is 8.40. The Bertz CT molecular complexity index is 748. The van der Waals surface area contributed by atoms with E-state index in [0.717, 1.165) is 37.0 Å². The van der Waals surface area contributed by atoms with Gasteiger partial charge in [0.15, 0.2) is 5.96 Å². The molecule has 6 nitrogen and oxygen atoms in total. The van der Waals surface area contributed by atoms with E-state index >= 15 is 0 Å². The molecule has 2 aromatic rings. The highest BCUT2D eigenvalue weighted by Gasteiger charge is 2.25. The molecule has 1 atom stereocenters. The first kappa shape index (κ1) is 17.5. The molecule has 1 saturated heterocycles. The van der Waals surface area contributed by atoms with Crippen molar-refractivity contribution >= 4 is 23.4 Å². The van der Waals surface area contributed by atoms with Crippen LogP contribution in [-0.2, 0) is 6.54 Å². The molecule has 7 heteroatoms. The summed E-state index contributed by atoms with van der Waals surface area (Å²) in [5.41, 5.74) is 2.20. The standard InChI is InChI=1S/C18H23ClN6/c1-13-5-3-8-21-16(13)11-23-18(20-2)24-14-7-10-25(12-14)17-15(19)6-4-9-22-17/h3-6,8-9,14H,7,10-12H2,1-2H3,(H2,20,23,24). The van der Waals surface area contributed by atoms with Gasteiger partial charge in [0.05, 0.1) is 17.3 Å². The molecule has 1 fully saturated rings. The third-order valence-corrected chi connectivity index (χ3v) is 4.63. The Hall–Kier alpha value is -2.34. The van der Waals surface area contributed by atoms with E-state index in [2.05, 4.69) is 43.5 Å². The van der Waals surface area contributed by atoms with Crippen LogP contribution in [0, 0.1) is 6.92 Å². The SMILES string of the molecule is CN=C(NCc1ncccc1C)NC1CCN(c2ncccc2Cl)C1. The van der Waals surface area contributed by atoms with Crippen LogP contribution < -0.4 is 15.5 Å². The highest BCUT2D eigenvalue weighted by Crippen LogP contribution is 2.25. The molecule has 3 rings (SSSR count). The number of aliphatic imine (C=N–C) groups is 1. The van der Waals surface area contributed by atoms with Gasteiger partial charge in [-0.15, -0.1) is 0 Å². The average molecular weight is 359 g/mol. The quantitative estimate of drug-likeness (QED) is 0.649. The minimum Gasteiger partial charge on any atom is -0.353 e. The van der Waals surface area contributed by atoms with Crippen molar-refractivity contribution in [3.8, 4) is 0 Å². The zero-order valence-electron chi connectivity index (χ0n) is 14.5. The number of aromatic nitrogens is 2. The molecule has 25 heavy (non-hydrogen) atoms. The van der Waals surface area contributed by atoms with Gasteiger partial charge in [0.1, 0.15) is 5.82 Å². The van der Waals surface area contributed by atoms with Crippen molar-refractivity contribution < 1.29 is 0 Å². The molecular formula is C18H23ClN6. The van der Waals surface area contributed by atoms with Gasteiger partial charge in [0, 0.05) is 38.6 Å². The number of rotatable bonds is 4. The van der Waals surface area contributed by atoms with E-state index in [1.807, 2.05) is 24.4 Å². The van der Waals surface area contributed by atoms with Gasteiger partial charge in [-0.05, 0) is 37.1 Å². The first-order valence-corrected chi connectivity index (χ1v) is 8.78. The summed E-state index contributed by atoms with van der Waals surface area (Å²) in [7, 11) is 1.78. The minimum absolute atomic E-state index is 0.300. The lowest BCUT2D eigenvalue weighted by molar-refractivity contribution is 0.646. The molecule has 3 heterocycles. The molecule has 0 aromatic carbocycles. The van der Waals surface area contributed by atoms with Crippen LogP contribution in [0.4, 0.5) is 5.82 Å². The topological polar surface area (TPSA) is 65.4 Å². The van der Waals surface area contributed by atoms with Crippen LogP contribution in [0.5, 0.6) is 0 Å².